The number of rotatable bonds is 6. The van der Waals surface area contributed by atoms with Gasteiger partial charge in [-0.2, -0.15) is 0 Å². The molecule has 2 aliphatic rings. The van der Waals surface area contributed by atoms with Crippen LogP contribution in [0.15, 0.2) is 59.0 Å². The molecule has 1 atom stereocenters. The van der Waals surface area contributed by atoms with Gasteiger partial charge in [-0.25, -0.2) is 12.7 Å². The Morgan fingerprint density at radius 2 is 1.58 bits per heavy atom. The minimum absolute atomic E-state index is 0.00720. The zero-order valence-corrected chi connectivity index (χ0v) is 21.5. The number of fused-ring (bicyclic) bond motifs is 2. The summed E-state index contributed by atoms with van der Waals surface area (Å²) in [5.74, 6) is -2.94. The lowest BCUT2D eigenvalue weighted by molar-refractivity contribution is -0.143. The molecule has 4 rings (SSSR count). The topological polar surface area (TPSA) is 119 Å². The number of Topliss-reactive ketones (excluding diaryl/α,β-unsaturated/α-hetero) is 1. The summed E-state index contributed by atoms with van der Waals surface area (Å²) >= 11 is 0. The molecule has 2 aromatic rings. The number of hydrogen-bond donors (Lipinski definition) is 1. The Balaban J connectivity index is 1.97. The monoisotopic (exact) mass is 512 g/mol. The van der Waals surface area contributed by atoms with Crippen LogP contribution in [-0.4, -0.2) is 93.6 Å². The Hall–Kier alpha value is -3.54. The molecule has 1 spiro atoms. The van der Waals surface area contributed by atoms with Gasteiger partial charge in [-0.3, -0.25) is 14.4 Å². The Bertz CT molecular complexity index is 1400. The molecule has 1 saturated heterocycles. The number of likely N-dealkylation sites (N-methyl/N-ethyl adjacent to an activating group) is 2. The molecule has 2 aromatic carbocycles. The molecule has 190 valence electrons. The van der Waals surface area contributed by atoms with Gasteiger partial charge in [0.05, 0.1) is 10.5 Å². The van der Waals surface area contributed by atoms with Gasteiger partial charge in [0.1, 0.15) is 5.76 Å². The molecule has 2 heterocycles. The maximum atomic E-state index is 13.9. The van der Waals surface area contributed by atoms with E-state index in [4.69, 9.17) is 0 Å². The summed E-state index contributed by atoms with van der Waals surface area (Å²) in [4.78, 5) is 45.0. The molecule has 10 nitrogen and oxygen atoms in total. The van der Waals surface area contributed by atoms with Crippen molar-refractivity contribution in [3.63, 3.8) is 0 Å². The number of para-hydroxylation sites is 1. The first-order valence-electron chi connectivity index (χ1n) is 11.2. The fourth-order valence-electron chi connectivity index (χ4n) is 4.71. The third kappa shape index (κ3) is 3.54. The van der Waals surface area contributed by atoms with Crippen molar-refractivity contribution >= 4 is 39.1 Å². The van der Waals surface area contributed by atoms with Crippen molar-refractivity contribution in [3.05, 3.63) is 65.2 Å². The summed E-state index contributed by atoms with van der Waals surface area (Å²) in [6, 6.07) is 12.1. The average molecular weight is 513 g/mol. The predicted octanol–water partition coefficient (Wildman–Crippen LogP) is 1.05. The van der Waals surface area contributed by atoms with E-state index in [1.54, 1.807) is 31.3 Å². The first-order valence-corrected chi connectivity index (χ1v) is 12.7. The molecular weight excluding hydrogens is 484 g/mol. The molecule has 0 bridgehead atoms. The second-order valence-electron chi connectivity index (χ2n) is 9.22. The smallest absolute Gasteiger partial charge is 0.296 e. The average Bonchev–Trinajstić information content (AvgIpc) is 3.20. The molecule has 0 unspecified atom stereocenters. The molecule has 1 fully saturated rings. The van der Waals surface area contributed by atoms with E-state index in [9.17, 15) is 27.9 Å². The molecule has 0 saturated carbocycles. The van der Waals surface area contributed by atoms with Gasteiger partial charge < -0.3 is 19.8 Å². The molecule has 0 aliphatic carbocycles. The predicted molar refractivity (Wildman–Crippen MR) is 134 cm³/mol. The molecule has 36 heavy (non-hydrogen) atoms. The van der Waals surface area contributed by atoms with E-state index in [1.807, 2.05) is 19.0 Å². The Kier molecular flexibility index (Phi) is 6.27. The number of nitrogens with zero attached hydrogens (tertiary/aromatic N) is 4. The van der Waals surface area contributed by atoms with E-state index in [2.05, 4.69) is 0 Å². The standard InChI is InChI=1S/C25H28N4O6S/c1-26(2)14-15-29-23(32)22(31)20(25(29)18-8-6-7-9-19(18)28(5)24(25)33)21(30)16-10-12-17(13-11-16)36(34,35)27(3)4/h6-13,30H,14-15H2,1-5H3/t25-/m0/s1. The number of ketones is 1. The molecule has 2 aliphatic heterocycles. The van der Waals surface area contributed by atoms with E-state index in [1.165, 1.54) is 48.2 Å². The van der Waals surface area contributed by atoms with Gasteiger partial charge in [-0.15, -0.1) is 0 Å². The lowest BCUT2D eigenvalue weighted by Crippen LogP contribution is -2.52. The van der Waals surface area contributed by atoms with Crippen LogP contribution in [0.1, 0.15) is 11.1 Å². The number of likely N-dealkylation sites (tertiary alicyclic amines) is 1. The van der Waals surface area contributed by atoms with Gasteiger partial charge >= 0.3 is 0 Å². The van der Waals surface area contributed by atoms with Gasteiger partial charge in [0.25, 0.3) is 17.6 Å². The maximum Gasteiger partial charge on any atom is 0.296 e. The van der Waals surface area contributed by atoms with Crippen LogP contribution in [0, 0.1) is 0 Å². The number of sulfonamides is 1. The van der Waals surface area contributed by atoms with Gasteiger partial charge in [-0.05, 0) is 44.4 Å². The van der Waals surface area contributed by atoms with Gasteiger partial charge in [0, 0.05) is 51.0 Å². The van der Waals surface area contributed by atoms with Gasteiger partial charge in [0.15, 0.2) is 5.54 Å². The Morgan fingerprint density at radius 3 is 2.17 bits per heavy atom. The summed E-state index contributed by atoms with van der Waals surface area (Å²) in [6.45, 7) is 0.452. The van der Waals surface area contributed by atoms with Crippen LogP contribution >= 0.6 is 0 Å². The van der Waals surface area contributed by atoms with Crippen molar-refractivity contribution in [1.29, 1.82) is 0 Å². The van der Waals surface area contributed by atoms with E-state index in [0.717, 1.165) is 4.31 Å². The van der Waals surface area contributed by atoms with Crippen molar-refractivity contribution in [1.82, 2.24) is 14.1 Å². The lowest BCUT2D eigenvalue weighted by Gasteiger charge is -2.34. The van der Waals surface area contributed by atoms with E-state index in [0.29, 0.717) is 17.8 Å². The highest BCUT2D eigenvalue weighted by atomic mass is 32.2. The largest absolute Gasteiger partial charge is 0.507 e. The molecule has 0 aromatic heterocycles. The Morgan fingerprint density at radius 1 is 0.972 bits per heavy atom. The number of benzene rings is 2. The number of aliphatic hydroxyl groups excluding tert-OH is 1. The number of aliphatic hydroxyl groups is 1. The molecule has 2 amide bonds. The van der Waals surface area contributed by atoms with E-state index < -0.39 is 38.9 Å². The third-order valence-electron chi connectivity index (χ3n) is 6.62. The van der Waals surface area contributed by atoms with E-state index in [-0.39, 0.29) is 22.6 Å². The highest BCUT2D eigenvalue weighted by molar-refractivity contribution is 7.89. The zero-order valence-electron chi connectivity index (χ0n) is 20.7. The summed E-state index contributed by atoms with van der Waals surface area (Å²) < 4.78 is 25.9. The van der Waals surface area contributed by atoms with Crippen molar-refractivity contribution in [2.75, 3.05) is 53.2 Å². The summed E-state index contributed by atoms with van der Waals surface area (Å²) in [5.41, 5.74) is -1.12. The number of anilines is 1. The van der Waals surface area contributed by atoms with Crippen LogP contribution in [0.3, 0.4) is 0 Å². The number of hydrogen-bond acceptors (Lipinski definition) is 7. The van der Waals surface area contributed by atoms with Crippen LogP contribution in [0.5, 0.6) is 0 Å². The number of carbonyl (C=O) groups is 3. The second kappa shape index (κ2) is 8.84. The highest BCUT2D eigenvalue weighted by Gasteiger charge is 2.66. The number of carbonyl (C=O) groups excluding carboxylic acids is 3. The van der Waals surface area contributed by atoms with Gasteiger partial charge in [0.2, 0.25) is 10.0 Å². The van der Waals surface area contributed by atoms with Crippen molar-refractivity contribution < 1.29 is 27.9 Å². The van der Waals surface area contributed by atoms with Crippen LogP contribution < -0.4 is 4.90 Å². The van der Waals surface area contributed by atoms with Crippen LogP contribution in [-0.2, 0) is 29.9 Å². The first kappa shape index (κ1) is 25.5. The van der Waals surface area contributed by atoms with Crippen molar-refractivity contribution in [2.45, 2.75) is 10.4 Å². The van der Waals surface area contributed by atoms with Crippen LogP contribution in [0.4, 0.5) is 5.69 Å². The van der Waals surface area contributed by atoms with Crippen molar-refractivity contribution in [2.24, 2.45) is 0 Å². The first-order chi connectivity index (χ1) is 16.9. The van der Waals surface area contributed by atoms with Crippen LogP contribution in [0.25, 0.3) is 5.76 Å². The Labute approximate surface area is 210 Å². The van der Waals surface area contributed by atoms with Crippen molar-refractivity contribution in [3.8, 4) is 0 Å². The molecule has 11 heteroatoms. The van der Waals surface area contributed by atoms with Gasteiger partial charge in [-0.1, -0.05) is 18.2 Å². The maximum absolute atomic E-state index is 13.9. The minimum Gasteiger partial charge on any atom is -0.507 e. The van der Waals surface area contributed by atoms with Crippen LogP contribution in [0.2, 0.25) is 0 Å². The molecular formula is C25H28N4O6S. The fraction of sp³-hybridized carbons (Fsp3) is 0.320. The summed E-state index contributed by atoms with van der Waals surface area (Å²) in [6.07, 6.45) is 0. The second-order valence-corrected chi connectivity index (χ2v) is 11.4. The quantitative estimate of drug-likeness (QED) is 0.349. The highest BCUT2D eigenvalue weighted by Crippen LogP contribution is 2.53. The third-order valence-corrected chi connectivity index (χ3v) is 8.45. The summed E-state index contributed by atoms with van der Waals surface area (Å²) in [5, 5.41) is 11.4. The minimum atomic E-state index is -3.72. The molecule has 1 N–H and O–H groups in total. The normalized spacial score (nSPS) is 21.4. The zero-order chi connectivity index (χ0) is 26.6. The SMILES string of the molecule is CN(C)CCN1C(=O)C(=O)C(=C(O)c2ccc(S(=O)(=O)N(C)C)cc2)[C@@]12C(=O)N(C)c1ccccc12. The van der Waals surface area contributed by atoms with E-state index >= 15 is 0 Å². The molecule has 0 radical (unpaired) electrons. The fourth-order valence-corrected chi connectivity index (χ4v) is 5.61. The lowest BCUT2D eigenvalue weighted by atomic mass is 9.82. The number of amides is 2. The summed E-state index contributed by atoms with van der Waals surface area (Å²) in [7, 11) is 4.26.